The Labute approximate surface area is 142 Å². The van der Waals surface area contributed by atoms with Crippen molar-refractivity contribution in [3.63, 3.8) is 0 Å². The monoisotopic (exact) mass is 348 g/mol. The largest absolute Gasteiger partial charge is 0.342 e. The lowest BCUT2D eigenvalue weighted by Gasteiger charge is -2.12. The predicted molar refractivity (Wildman–Crippen MR) is 88.1 cm³/mol. The summed E-state index contributed by atoms with van der Waals surface area (Å²) in [5.41, 5.74) is 0.922. The third-order valence-electron chi connectivity index (χ3n) is 3.93. The molecule has 2 aromatic rings. The lowest BCUT2D eigenvalue weighted by atomic mass is 10.1. The molecule has 0 radical (unpaired) electrons. The number of halogens is 1. The summed E-state index contributed by atoms with van der Waals surface area (Å²) < 4.78 is 12.9. The van der Waals surface area contributed by atoms with Gasteiger partial charge in [-0.3, -0.25) is 9.59 Å². The molecule has 6 nitrogen and oxygen atoms in total. The van der Waals surface area contributed by atoms with Crippen molar-refractivity contribution >= 4 is 28.3 Å². The van der Waals surface area contributed by atoms with Crippen LogP contribution in [0.25, 0.3) is 0 Å². The molecule has 0 aliphatic carbocycles. The van der Waals surface area contributed by atoms with Gasteiger partial charge in [0.05, 0.1) is 5.92 Å². The number of hydrogen-bond donors (Lipinski definition) is 1. The molecule has 1 N–H and O–H groups in total. The lowest BCUT2D eigenvalue weighted by Crippen LogP contribution is -2.28. The first kappa shape index (κ1) is 16.5. The summed E-state index contributed by atoms with van der Waals surface area (Å²) >= 11 is 1.28. The molecule has 1 aromatic carbocycles. The Balaban J connectivity index is 1.59. The van der Waals surface area contributed by atoms with Gasteiger partial charge < -0.3 is 10.2 Å². The standard InChI is InChI=1S/C16H17FN4O2S/c1-2-21-9-11(8-14(21)22)15(23)18-16-20-19-13(24-16)7-10-3-5-12(17)6-4-10/h3-6,11H,2,7-9H2,1H3,(H,18,20,23). The summed E-state index contributed by atoms with van der Waals surface area (Å²) in [4.78, 5) is 25.6. The van der Waals surface area contributed by atoms with E-state index in [-0.39, 0.29) is 30.0 Å². The lowest BCUT2D eigenvalue weighted by molar-refractivity contribution is -0.128. The van der Waals surface area contributed by atoms with Gasteiger partial charge in [-0.05, 0) is 24.6 Å². The molecule has 2 heterocycles. The number of nitrogens with zero attached hydrogens (tertiary/aromatic N) is 3. The number of anilines is 1. The summed E-state index contributed by atoms with van der Waals surface area (Å²) in [5, 5.41) is 11.9. The average molecular weight is 348 g/mol. The first-order valence-electron chi connectivity index (χ1n) is 7.70. The van der Waals surface area contributed by atoms with Crippen molar-refractivity contribution in [1.82, 2.24) is 15.1 Å². The van der Waals surface area contributed by atoms with Gasteiger partial charge in [0.2, 0.25) is 16.9 Å². The smallest absolute Gasteiger partial charge is 0.231 e. The molecule has 1 aliphatic heterocycles. The molecule has 1 aromatic heterocycles. The van der Waals surface area contributed by atoms with Crippen molar-refractivity contribution in [2.75, 3.05) is 18.4 Å². The van der Waals surface area contributed by atoms with E-state index in [0.717, 1.165) is 10.6 Å². The Morgan fingerprint density at radius 3 is 2.79 bits per heavy atom. The minimum Gasteiger partial charge on any atom is -0.342 e. The number of aromatic nitrogens is 2. The van der Waals surface area contributed by atoms with E-state index >= 15 is 0 Å². The van der Waals surface area contributed by atoms with Crippen molar-refractivity contribution < 1.29 is 14.0 Å². The first-order valence-corrected chi connectivity index (χ1v) is 8.52. The maximum atomic E-state index is 12.9. The molecule has 0 bridgehead atoms. The molecule has 0 spiro atoms. The molecule has 0 saturated carbocycles. The maximum absolute atomic E-state index is 12.9. The Bertz CT molecular complexity index is 747. The van der Waals surface area contributed by atoms with E-state index in [1.807, 2.05) is 6.92 Å². The van der Waals surface area contributed by atoms with Gasteiger partial charge >= 0.3 is 0 Å². The van der Waals surface area contributed by atoms with Crippen LogP contribution in [0.1, 0.15) is 23.9 Å². The zero-order valence-corrected chi connectivity index (χ0v) is 14.0. The van der Waals surface area contributed by atoms with Crippen LogP contribution in [0.15, 0.2) is 24.3 Å². The highest BCUT2D eigenvalue weighted by Crippen LogP contribution is 2.22. The van der Waals surface area contributed by atoms with Crippen molar-refractivity contribution in [3.05, 3.63) is 40.7 Å². The summed E-state index contributed by atoms with van der Waals surface area (Å²) in [5.74, 6) is -0.825. The highest BCUT2D eigenvalue weighted by molar-refractivity contribution is 7.15. The summed E-state index contributed by atoms with van der Waals surface area (Å²) in [7, 11) is 0. The fourth-order valence-corrected chi connectivity index (χ4v) is 3.39. The SMILES string of the molecule is CCN1CC(C(=O)Nc2nnc(Cc3ccc(F)cc3)s2)CC1=O. The Kier molecular flexibility index (Phi) is 4.84. The van der Waals surface area contributed by atoms with Crippen LogP contribution in [-0.2, 0) is 16.0 Å². The van der Waals surface area contributed by atoms with E-state index in [1.165, 1.54) is 23.5 Å². The first-order chi connectivity index (χ1) is 11.5. The van der Waals surface area contributed by atoms with Crippen molar-refractivity contribution in [2.45, 2.75) is 19.8 Å². The molecule has 1 unspecified atom stereocenters. The quantitative estimate of drug-likeness (QED) is 0.898. The molecule has 8 heteroatoms. The third-order valence-corrected chi connectivity index (χ3v) is 4.77. The number of likely N-dealkylation sites (tertiary alicyclic amines) is 1. The second-order valence-corrected chi connectivity index (χ2v) is 6.69. The molecular weight excluding hydrogens is 331 g/mol. The van der Waals surface area contributed by atoms with Gasteiger partial charge in [-0.1, -0.05) is 23.5 Å². The Morgan fingerprint density at radius 1 is 1.38 bits per heavy atom. The molecule has 24 heavy (non-hydrogen) atoms. The van der Waals surface area contributed by atoms with Gasteiger partial charge in [0.25, 0.3) is 0 Å². The maximum Gasteiger partial charge on any atom is 0.231 e. The van der Waals surface area contributed by atoms with Crippen molar-refractivity contribution in [3.8, 4) is 0 Å². The average Bonchev–Trinajstić information content (AvgIpc) is 3.16. The van der Waals surface area contributed by atoms with E-state index in [0.29, 0.717) is 24.6 Å². The zero-order valence-electron chi connectivity index (χ0n) is 13.2. The van der Waals surface area contributed by atoms with Crippen LogP contribution in [0.2, 0.25) is 0 Å². The van der Waals surface area contributed by atoms with E-state index in [4.69, 9.17) is 0 Å². The number of rotatable bonds is 5. The minimum absolute atomic E-state index is 0.00640. The highest BCUT2D eigenvalue weighted by atomic mass is 32.1. The third kappa shape index (κ3) is 3.76. The van der Waals surface area contributed by atoms with Crippen LogP contribution < -0.4 is 5.32 Å². The molecule has 1 saturated heterocycles. The predicted octanol–water partition coefficient (Wildman–Crippen LogP) is 2.07. The second-order valence-electron chi connectivity index (χ2n) is 5.63. The van der Waals surface area contributed by atoms with Crippen molar-refractivity contribution in [2.24, 2.45) is 5.92 Å². The molecule has 3 rings (SSSR count). The van der Waals surface area contributed by atoms with Crippen LogP contribution >= 0.6 is 11.3 Å². The van der Waals surface area contributed by atoms with Gasteiger partial charge in [-0.15, -0.1) is 10.2 Å². The number of carbonyl (C=O) groups excluding carboxylic acids is 2. The van der Waals surface area contributed by atoms with E-state index in [1.54, 1.807) is 17.0 Å². The van der Waals surface area contributed by atoms with Gasteiger partial charge in [-0.2, -0.15) is 0 Å². The van der Waals surface area contributed by atoms with Crippen LogP contribution in [0, 0.1) is 11.7 Å². The van der Waals surface area contributed by atoms with Crippen LogP contribution in [0.3, 0.4) is 0 Å². The molecule has 2 amide bonds. The fraction of sp³-hybridized carbons (Fsp3) is 0.375. The zero-order chi connectivity index (χ0) is 17.1. The summed E-state index contributed by atoms with van der Waals surface area (Å²) in [6.07, 6.45) is 0.764. The molecule has 1 fully saturated rings. The van der Waals surface area contributed by atoms with Crippen molar-refractivity contribution in [1.29, 1.82) is 0 Å². The summed E-state index contributed by atoms with van der Waals surface area (Å²) in [6, 6.07) is 6.18. The van der Waals surface area contributed by atoms with E-state index in [2.05, 4.69) is 15.5 Å². The van der Waals surface area contributed by atoms with Gasteiger partial charge in [0, 0.05) is 25.9 Å². The minimum atomic E-state index is -0.345. The number of carbonyl (C=O) groups is 2. The second kappa shape index (κ2) is 7.04. The Morgan fingerprint density at radius 2 is 2.12 bits per heavy atom. The number of nitrogens with one attached hydrogen (secondary N) is 1. The van der Waals surface area contributed by atoms with Crippen LogP contribution in [-0.4, -0.2) is 40.0 Å². The number of hydrogen-bond acceptors (Lipinski definition) is 5. The van der Waals surface area contributed by atoms with Gasteiger partial charge in [-0.25, -0.2) is 4.39 Å². The molecule has 1 aliphatic rings. The van der Waals surface area contributed by atoms with Gasteiger partial charge in [0.15, 0.2) is 0 Å². The van der Waals surface area contributed by atoms with E-state index < -0.39 is 0 Å². The number of benzene rings is 1. The van der Waals surface area contributed by atoms with E-state index in [9.17, 15) is 14.0 Å². The Hall–Kier alpha value is -2.35. The van der Waals surface area contributed by atoms with Gasteiger partial charge in [0.1, 0.15) is 10.8 Å². The summed E-state index contributed by atoms with van der Waals surface area (Å²) in [6.45, 7) is 2.95. The molecule has 1 atom stereocenters. The molecule has 126 valence electrons. The fourth-order valence-electron chi connectivity index (χ4n) is 2.61. The topological polar surface area (TPSA) is 75.2 Å². The highest BCUT2D eigenvalue weighted by Gasteiger charge is 2.33. The molecular formula is C16H17FN4O2S. The van der Waals surface area contributed by atoms with Crippen LogP contribution in [0.4, 0.5) is 9.52 Å². The normalized spacial score (nSPS) is 17.3. The van der Waals surface area contributed by atoms with Crippen LogP contribution in [0.5, 0.6) is 0 Å². The number of amides is 2.